The molecule has 0 aliphatic carbocycles. The van der Waals surface area contributed by atoms with Crippen molar-refractivity contribution < 1.29 is 14.3 Å². The van der Waals surface area contributed by atoms with Gasteiger partial charge in [0.15, 0.2) is 6.10 Å². The number of carbonyl (C=O) groups excluding carboxylic acids is 2. The number of amides is 1. The monoisotopic (exact) mass is 368 g/mol. The van der Waals surface area contributed by atoms with Crippen LogP contribution in [0.2, 0.25) is 5.02 Å². The molecule has 1 N–H and O–H groups in total. The summed E-state index contributed by atoms with van der Waals surface area (Å²) in [6.07, 6.45) is 2.29. The number of hydrogen-bond donors (Lipinski definition) is 1. The third-order valence-electron chi connectivity index (χ3n) is 4.07. The van der Waals surface area contributed by atoms with E-state index in [1.165, 1.54) is 17.3 Å². The first kappa shape index (κ1) is 16.3. The van der Waals surface area contributed by atoms with Gasteiger partial charge in [0.25, 0.3) is 5.91 Å². The fourth-order valence-corrected chi connectivity index (χ4v) is 3.00. The second-order valence-electron chi connectivity index (χ2n) is 5.75. The minimum atomic E-state index is -0.917. The molecule has 1 aliphatic heterocycles. The van der Waals surface area contributed by atoms with Crippen LogP contribution in [0.15, 0.2) is 55.1 Å². The average molecular weight is 369 g/mol. The van der Waals surface area contributed by atoms with E-state index in [9.17, 15) is 9.59 Å². The molecular weight excluding hydrogens is 356 g/mol. The molecule has 0 bridgehead atoms. The maximum absolute atomic E-state index is 12.7. The summed E-state index contributed by atoms with van der Waals surface area (Å²) in [7, 11) is 0. The van der Waals surface area contributed by atoms with Gasteiger partial charge in [0.05, 0.1) is 16.9 Å². The lowest BCUT2D eigenvalue weighted by Crippen LogP contribution is -2.38. The van der Waals surface area contributed by atoms with Crippen LogP contribution in [-0.2, 0) is 16.0 Å². The van der Waals surface area contributed by atoms with Crippen molar-refractivity contribution >= 4 is 29.2 Å². The second-order valence-corrected chi connectivity index (χ2v) is 6.18. The van der Waals surface area contributed by atoms with Gasteiger partial charge in [-0.15, -0.1) is 0 Å². The van der Waals surface area contributed by atoms with E-state index in [-0.39, 0.29) is 0 Å². The first-order chi connectivity index (χ1) is 12.6. The minimum absolute atomic E-state index is 0.312. The highest BCUT2D eigenvalue weighted by molar-refractivity contribution is 6.31. The number of carbonyl (C=O) groups is 2. The summed E-state index contributed by atoms with van der Waals surface area (Å²) >= 11 is 6.06. The Morgan fingerprint density at radius 1 is 1.27 bits per heavy atom. The summed E-state index contributed by atoms with van der Waals surface area (Å²) < 4.78 is 6.80. The van der Waals surface area contributed by atoms with Crippen LogP contribution in [0.5, 0.6) is 0 Å². The standard InChI is InChI=1S/C18H13ClN4O3/c19-12-5-6-15(23-10-20-9-21-23)14(8-12)22-17(24)16-7-11-3-1-2-4-13(11)18(25)26-16/h1-6,8-10,16H,7H2,(H,22,24). The molecule has 2 heterocycles. The molecule has 1 unspecified atom stereocenters. The molecular formula is C18H13ClN4O3. The van der Waals surface area contributed by atoms with E-state index >= 15 is 0 Å². The lowest BCUT2D eigenvalue weighted by Gasteiger charge is -2.24. The second kappa shape index (κ2) is 6.61. The van der Waals surface area contributed by atoms with Crippen molar-refractivity contribution in [1.29, 1.82) is 0 Å². The van der Waals surface area contributed by atoms with Gasteiger partial charge in [-0.25, -0.2) is 14.5 Å². The van der Waals surface area contributed by atoms with Crippen LogP contribution < -0.4 is 5.32 Å². The van der Waals surface area contributed by atoms with E-state index in [1.54, 1.807) is 30.3 Å². The molecule has 26 heavy (non-hydrogen) atoms. The maximum atomic E-state index is 12.7. The Morgan fingerprint density at radius 3 is 2.92 bits per heavy atom. The van der Waals surface area contributed by atoms with Crippen molar-refractivity contribution in [3.05, 3.63) is 71.3 Å². The first-order valence-corrected chi connectivity index (χ1v) is 8.24. The minimum Gasteiger partial charge on any atom is -0.448 e. The van der Waals surface area contributed by atoms with Crippen LogP contribution in [-0.4, -0.2) is 32.7 Å². The van der Waals surface area contributed by atoms with Gasteiger partial charge in [0.2, 0.25) is 0 Å². The van der Waals surface area contributed by atoms with E-state index in [1.807, 2.05) is 12.1 Å². The molecule has 1 amide bonds. The summed E-state index contributed by atoms with van der Waals surface area (Å²) in [5.41, 5.74) is 2.32. The Hall–Kier alpha value is -3.19. The van der Waals surface area contributed by atoms with Crippen molar-refractivity contribution in [2.24, 2.45) is 0 Å². The zero-order valence-corrected chi connectivity index (χ0v) is 14.2. The molecule has 4 rings (SSSR count). The Labute approximate surface area is 153 Å². The number of hydrogen-bond acceptors (Lipinski definition) is 5. The first-order valence-electron chi connectivity index (χ1n) is 7.86. The van der Waals surface area contributed by atoms with Gasteiger partial charge in [-0.2, -0.15) is 5.10 Å². The molecule has 130 valence electrons. The van der Waals surface area contributed by atoms with Crippen LogP contribution in [0.25, 0.3) is 5.69 Å². The van der Waals surface area contributed by atoms with Crippen LogP contribution in [0.3, 0.4) is 0 Å². The van der Waals surface area contributed by atoms with Gasteiger partial charge in [0.1, 0.15) is 12.7 Å². The quantitative estimate of drug-likeness (QED) is 0.718. The van der Waals surface area contributed by atoms with Crippen LogP contribution >= 0.6 is 11.6 Å². The summed E-state index contributed by atoms with van der Waals surface area (Å²) in [6.45, 7) is 0. The number of fused-ring (bicyclic) bond motifs is 1. The predicted molar refractivity (Wildman–Crippen MR) is 94.3 cm³/mol. The fourth-order valence-electron chi connectivity index (χ4n) is 2.83. The number of benzene rings is 2. The molecule has 7 nitrogen and oxygen atoms in total. The predicted octanol–water partition coefficient (Wildman–Crippen LogP) is 2.64. The molecule has 0 saturated heterocycles. The topological polar surface area (TPSA) is 86.1 Å². The molecule has 0 saturated carbocycles. The highest BCUT2D eigenvalue weighted by atomic mass is 35.5. The van der Waals surface area contributed by atoms with E-state index in [4.69, 9.17) is 16.3 Å². The van der Waals surface area contributed by atoms with Gasteiger partial charge in [-0.1, -0.05) is 29.8 Å². The highest BCUT2D eigenvalue weighted by Gasteiger charge is 2.31. The number of nitrogens with zero attached hydrogens (tertiary/aromatic N) is 3. The number of halogens is 1. The Morgan fingerprint density at radius 2 is 2.12 bits per heavy atom. The summed E-state index contributed by atoms with van der Waals surface area (Å²) in [5.74, 6) is -0.939. The molecule has 8 heteroatoms. The normalized spacial score (nSPS) is 15.9. The van der Waals surface area contributed by atoms with Crippen LogP contribution in [0, 0.1) is 0 Å². The summed E-state index contributed by atoms with van der Waals surface area (Å²) in [6, 6.07) is 12.1. The average Bonchev–Trinajstić information content (AvgIpc) is 3.16. The van der Waals surface area contributed by atoms with Crippen molar-refractivity contribution in [1.82, 2.24) is 14.8 Å². The van der Waals surface area contributed by atoms with Crippen molar-refractivity contribution in [2.45, 2.75) is 12.5 Å². The number of nitrogens with one attached hydrogen (secondary N) is 1. The molecule has 1 aliphatic rings. The van der Waals surface area contributed by atoms with Gasteiger partial charge in [-0.3, -0.25) is 4.79 Å². The molecule has 1 aromatic heterocycles. The maximum Gasteiger partial charge on any atom is 0.339 e. The number of aromatic nitrogens is 3. The molecule has 3 aromatic rings. The lowest BCUT2D eigenvalue weighted by atomic mass is 9.98. The Kier molecular flexibility index (Phi) is 4.14. The van der Waals surface area contributed by atoms with E-state index in [0.717, 1.165) is 5.56 Å². The van der Waals surface area contributed by atoms with E-state index in [0.29, 0.717) is 28.4 Å². The van der Waals surface area contributed by atoms with Gasteiger partial charge >= 0.3 is 5.97 Å². The van der Waals surface area contributed by atoms with Crippen molar-refractivity contribution in [3.63, 3.8) is 0 Å². The molecule has 1 atom stereocenters. The Balaban J connectivity index is 1.60. The molecule has 0 radical (unpaired) electrons. The highest BCUT2D eigenvalue weighted by Crippen LogP contribution is 2.26. The lowest BCUT2D eigenvalue weighted by molar-refractivity contribution is -0.125. The van der Waals surface area contributed by atoms with Crippen molar-refractivity contribution in [2.75, 3.05) is 5.32 Å². The zero-order valence-electron chi connectivity index (χ0n) is 13.4. The molecule has 2 aromatic carbocycles. The fraction of sp³-hybridized carbons (Fsp3) is 0.111. The van der Waals surface area contributed by atoms with Crippen LogP contribution in [0.1, 0.15) is 15.9 Å². The van der Waals surface area contributed by atoms with E-state index < -0.39 is 18.0 Å². The van der Waals surface area contributed by atoms with Gasteiger partial charge < -0.3 is 10.1 Å². The smallest absolute Gasteiger partial charge is 0.339 e. The SMILES string of the molecule is O=C1OC(C(=O)Nc2cc(Cl)ccc2-n2cncn2)Cc2ccccc21. The molecule has 0 spiro atoms. The molecule has 0 fully saturated rings. The Bertz CT molecular complexity index is 988. The van der Waals surface area contributed by atoms with E-state index in [2.05, 4.69) is 15.4 Å². The zero-order chi connectivity index (χ0) is 18.1. The van der Waals surface area contributed by atoms with Gasteiger partial charge in [0, 0.05) is 11.4 Å². The third kappa shape index (κ3) is 3.04. The third-order valence-corrected chi connectivity index (χ3v) is 4.30. The number of rotatable bonds is 3. The number of anilines is 1. The number of esters is 1. The number of ether oxygens (including phenoxy) is 1. The summed E-state index contributed by atoms with van der Waals surface area (Å²) in [5, 5.41) is 7.29. The summed E-state index contributed by atoms with van der Waals surface area (Å²) in [4.78, 5) is 28.7. The number of cyclic esters (lactones) is 1. The largest absolute Gasteiger partial charge is 0.448 e. The van der Waals surface area contributed by atoms with Crippen LogP contribution in [0.4, 0.5) is 5.69 Å². The van der Waals surface area contributed by atoms with Gasteiger partial charge in [-0.05, 0) is 29.8 Å². The van der Waals surface area contributed by atoms with Crippen molar-refractivity contribution in [3.8, 4) is 5.69 Å².